The molecule has 0 fully saturated rings. The molecule has 0 atom stereocenters. The highest BCUT2D eigenvalue weighted by molar-refractivity contribution is 7.11. The van der Waals surface area contributed by atoms with Gasteiger partial charge in [0, 0.05) is 30.2 Å². The number of carboxylic acid groups (broad SMARTS) is 1. The normalized spacial score (nSPS) is 11.5. The number of aromatic nitrogens is 2. The van der Waals surface area contributed by atoms with Crippen molar-refractivity contribution in [2.75, 3.05) is 6.54 Å². The molecule has 2 aromatic heterocycles. The second-order valence-corrected chi connectivity index (χ2v) is 8.61. The van der Waals surface area contributed by atoms with E-state index < -0.39 is 12.1 Å². The van der Waals surface area contributed by atoms with E-state index in [4.69, 9.17) is 15.6 Å². The summed E-state index contributed by atoms with van der Waals surface area (Å²) in [6, 6.07) is 2.01. The van der Waals surface area contributed by atoms with Crippen LogP contribution in [0.3, 0.4) is 0 Å². The number of hydrogen-bond donors (Lipinski definition) is 3. The minimum atomic E-state index is -5.08. The summed E-state index contributed by atoms with van der Waals surface area (Å²) in [4.78, 5) is 30.8. The zero-order valence-electron chi connectivity index (χ0n) is 17.1. The largest absolute Gasteiger partial charge is 0.490 e. The molecule has 0 aromatic carbocycles. The quantitative estimate of drug-likeness (QED) is 0.649. The van der Waals surface area contributed by atoms with Gasteiger partial charge in [0.25, 0.3) is 5.91 Å². The number of aliphatic carboxylic acids is 1. The molecule has 2 heterocycles. The Morgan fingerprint density at radius 1 is 1.27 bits per heavy atom. The number of nitrogens with one attached hydrogen (secondary N) is 1. The molecular formula is C19H25F3N4O3S. The summed E-state index contributed by atoms with van der Waals surface area (Å²) in [5, 5.41) is 11.0. The number of pyridine rings is 1. The molecule has 0 radical (unpaired) electrons. The molecule has 166 valence electrons. The van der Waals surface area contributed by atoms with Gasteiger partial charge < -0.3 is 16.2 Å². The molecule has 0 aliphatic heterocycles. The second kappa shape index (κ2) is 10.5. The third-order valence-corrected chi connectivity index (χ3v) is 4.84. The third kappa shape index (κ3) is 7.71. The number of thiazole rings is 1. The maximum atomic E-state index is 12.4. The predicted molar refractivity (Wildman–Crippen MR) is 107 cm³/mol. The molecule has 11 heteroatoms. The van der Waals surface area contributed by atoms with Gasteiger partial charge >= 0.3 is 12.1 Å². The molecule has 7 nitrogen and oxygen atoms in total. The molecule has 0 aliphatic carbocycles. The minimum Gasteiger partial charge on any atom is -0.475 e. The summed E-state index contributed by atoms with van der Waals surface area (Å²) in [6.07, 6.45) is -0.778. The molecule has 2 rings (SSSR count). The van der Waals surface area contributed by atoms with Gasteiger partial charge in [-0.25, -0.2) is 9.78 Å². The fourth-order valence-electron chi connectivity index (χ4n) is 2.45. The van der Waals surface area contributed by atoms with Gasteiger partial charge in [0.2, 0.25) is 0 Å². The number of nitrogens with two attached hydrogens (primary N) is 1. The first-order chi connectivity index (χ1) is 13.8. The van der Waals surface area contributed by atoms with E-state index >= 15 is 0 Å². The average molecular weight is 446 g/mol. The lowest BCUT2D eigenvalue weighted by molar-refractivity contribution is -0.192. The van der Waals surface area contributed by atoms with Crippen LogP contribution in [0.25, 0.3) is 0 Å². The van der Waals surface area contributed by atoms with Crippen LogP contribution in [-0.2, 0) is 23.2 Å². The van der Waals surface area contributed by atoms with Crippen LogP contribution < -0.4 is 11.1 Å². The molecular weight excluding hydrogens is 421 g/mol. The van der Waals surface area contributed by atoms with Crippen molar-refractivity contribution in [3.05, 3.63) is 45.2 Å². The first-order valence-corrected chi connectivity index (χ1v) is 9.77. The van der Waals surface area contributed by atoms with Crippen LogP contribution in [0.5, 0.6) is 0 Å². The number of carboxylic acids is 1. The standard InChI is InChI=1S/C17H24N4OS.C2HF3O2/c1-11-15(21-14(23-11)5-7-18)16(22)20-10-12-9-19-8-6-13(12)17(2,3)4;3-2(4,5)1(6)7/h6,8-9H,5,7,10,18H2,1-4H3,(H,20,22);(H,6,7). The minimum absolute atomic E-state index is 0.00778. The van der Waals surface area contributed by atoms with Crippen LogP contribution in [0.2, 0.25) is 0 Å². The Bertz CT molecular complexity index is 877. The van der Waals surface area contributed by atoms with Crippen LogP contribution in [0.15, 0.2) is 18.5 Å². The van der Waals surface area contributed by atoms with Crippen molar-refractivity contribution in [2.24, 2.45) is 5.73 Å². The Kier molecular flexibility index (Phi) is 8.91. The number of rotatable bonds is 5. The number of carbonyl (C=O) groups excluding carboxylic acids is 1. The van der Waals surface area contributed by atoms with Crippen LogP contribution in [0, 0.1) is 6.92 Å². The highest BCUT2D eigenvalue weighted by atomic mass is 32.1. The maximum absolute atomic E-state index is 12.4. The van der Waals surface area contributed by atoms with E-state index in [9.17, 15) is 18.0 Å². The molecule has 0 saturated carbocycles. The maximum Gasteiger partial charge on any atom is 0.490 e. The number of carbonyl (C=O) groups is 2. The first-order valence-electron chi connectivity index (χ1n) is 8.95. The van der Waals surface area contributed by atoms with E-state index in [0.29, 0.717) is 25.2 Å². The zero-order valence-corrected chi connectivity index (χ0v) is 17.9. The lowest BCUT2D eigenvalue weighted by Gasteiger charge is -2.22. The van der Waals surface area contributed by atoms with E-state index in [2.05, 4.69) is 36.1 Å². The van der Waals surface area contributed by atoms with Gasteiger partial charge in [-0.2, -0.15) is 13.2 Å². The van der Waals surface area contributed by atoms with Gasteiger partial charge in [0.15, 0.2) is 0 Å². The van der Waals surface area contributed by atoms with Crippen LogP contribution >= 0.6 is 11.3 Å². The van der Waals surface area contributed by atoms with Crippen molar-refractivity contribution < 1.29 is 27.9 Å². The number of aryl methyl sites for hydroxylation is 1. The van der Waals surface area contributed by atoms with Crippen LogP contribution in [0.1, 0.15) is 52.3 Å². The summed E-state index contributed by atoms with van der Waals surface area (Å²) < 4.78 is 31.7. The number of alkyl halides is 3. The highest BCUT2D eigenvalue weighted by Crippen LogP contribution is 2.25. The molecule has 1 amide bonds. The number of amides is 1. The Hall–Kier alpha value is -2.53. The van der Waals surface area contributed by atoms with Gasteiger partial charge in [-0.05, 0) is 36.1 Å². The summed E-state index contributed by atoms with van der Waals surface area (Å²) >= 11 is 1.53. The zero-order chi connectivity index (χ0) is 23.1. The fourth-order valence-corrected chi connectivity index (χ4v) is 3.40. The highest BCUT2D eigenvalue weighted by Gasteiger charge is 2.38. The van der Waals surface area contributed by atoms with E-state index in [1.54, 1.807) is 6.20 Å². The lowest BCUT2D eigenvalue weighted by atomic mass is 9.85. The van der Waals surface area contributed by atoms with Crippen molar-refractivity contribution in [1.82, 2.24) is 15.3 Å². The van der Waals surface area contributed by atoms with E-state index in [0.717, 1.165) is 15.4 Å². The van der Waals surface area contributed by atoms with Gasteiger partial charge in [-0.3, -0.25) is 9.78 Å². The molecule has 0 saturated heterocycles. The second-order valence-electron chi connectivity index (χ2n) is 7.32. The Morgan fingerprint density at radius 3 is 2.37 bits per heavy atom. The van der Waals surface area contributed by atoms with Crippen molar-refractivity contribution in [3.63, 3.8) is 0 Å². The summed E-state index contributed by atoms with van der Waals surface area (Å²) in [5.41, 5.74) is 8.27. The Labute approximate surface area is 176 Å². The Morgan fingerprint density at radius 2 is 1.87 bits per heavy atom. The Balaban J connectivity index is 0.000000553. The summed E-state index contributed by atoms with van der Waals surface area (Å²) in [5.74, 6) is -2.90. The fraction of sp³-hybridized carbons (Fsp3) is 0.474. The molecule has 0 bridgehead atoms. The first kappa shape index (κ1) is 25.5. The summed E-state index contributed by atoms with van der Waals surface area (Å²) in [7, 11) is 0. The molecule has 30 heavy (non-hydrogen) atoms. The third-order valence-electron chi connectivity index (χ3n) is 3.81. The van der Waals surface area contributed by atoms with Crippen LogP contribution in [0.4, 0.5) is 13.2 Å². The molecule has 2 aromatic rings. The SMILES string of the molecule is Cc1sc(CCN)nc1C(=O)NCc1cnccc1C(C)(C)C.O=C(O)C(F)(F)F. The van der Waals surface area contributed by atoms with Crippen molar-refractivity contribution in [2.45, 2.75) is 52.3 Å². The van der Waals surface area contributed by atoms with Crippen molar-refractivity contribution in [1.29, 1.82) is 0 Å². The lowest BCUT2D eigenvalue weighted by Crippen LogP contribution is -2.26. The average Bonchev–Trinajstić information content (AvgIpc) is 2.99. The van der Waals surface area contributed by atoms with E-state index in [-0.39, 0.29) is 11.3 Å². The van der Waals surface area contributed by atoms with Gasteiger partial charge in [-0.15, -0.1) is 11.3 Å². The van der Waals surface area contributed by atoms with E-state index in [1.165, 1.54) is 16.9 Å². The number of halogens is 3. The monoisotopic (exact) mass is 446 g/mol. The molecule has 0 unspecified atom stereocenters. The molecule has 0 aliphatic rings. The number of hydrogen-bond acceptors (Lipinski definition) is 6. The van der Waals surface area contributed by atoms with Crippen molar-refractivity contribution >= 4 is 23.2 Å². The topological polar surface area (TPSA) is 118 Å². The molecule has 4 N–H and O–H groups in total. The van der Waals surface area contributed by atoms with Crippen molar-refractivity contribution in [3.8, 4) is 0 Å². The van der Waals surface area contributed by atoms with E-state index in [1.807, 2.05) is 19.2 Å². The van der Waals surface area contributed by atoms with Crippen LogP contribution in [-0.4, -0.2) is 39.7 Å². The van der Waals surface area contributed by atoms with Gasteiger partial charge in [-0.1, -0.05) is 20.8 Å². The van der Waals surface area contributed by atoms with Gasteiger partial charge in [0.1, 0.15) is 5.69 Å². The predicted octanol–water partition coefficient (Wildman–Crippen LogP) is 3.21. The molecule has 0 spiro atoms. The van der Waals surface area contributed by atoms with Gasteiger partial charge in [0.05, 0.1) is 5.01 Å². The smallest absolute Gasteiger partial charge is 0.475 e. The summed E-state index contributed by atoms with van der Waals surface area (Å²) in [6.45, 7) is 9.35. The number of nitrogens with zero attached hydrogens (tertiary/aromatic N) is 2.